The highest BCUT2D eigenvalue weighted by molar-refractivity contribution is 5.72. The molecule has 0 amide bonds. The molecule has 1 aromatic carbocycles. The molecule has 2 fully saturated rings. The van der Waals surface area contributed by atoms with Crippen molar-refractivity contribution in [2.45, 2.75) is 122 Å². The van der Waals surface area contributed by atoms with E-state index in [0.717, 1.165) is 108 Å². The van der Waals surface area contributed by atoms with Crippen LogP contribution < -0.4 is 10.1 Å². The van der Waals surface area contributed by atoms with Crippen LogP contribution in [0, 0.1) is 11.3 Å². The van der Waals surface area contributed by atoms with E-state index < -0.39 is 0 Å². The van der Waals surface area contributed by atoms with Gasteiger partial charge in [-0.2, -0.15) is 0 Å². The van der Waals surface area contributed by atoms with E-state index in [1.165, 1.54) is 13.3 Å². The van der Waals surface area contributed by atoms with Crippen LogP contribution >= 0.6 is 0 Å². The number of hydrogen-bond donors (Lipinski definition) is 2. The second-order valence-electron chi connectivity index (χ2n) is 12.0. The Balaban J connectivity index is 1.66. The van der Waals surface area contributed by atoms with Gasteiger partial charge in [-0.3, -0.25) is 9.59 Å². The molecule has 0 radical (unpaired) electrons. The quantitative estimate of drug-likeness (QED) is 0.246. The van der Waals surface area contributed by atoms with Crippen molar-refractivity contribution in [3.63, 3.8) is 0 Å². The lowest BCUT2D eigenvalue weighted by Gasteiger charge is -2.45. The summed E-state index contributed by atoms with van der Waals surface area (Å²) in [6.07, 6.45) is 13.2. The van der Waals surface area contributed by atoms with Gasteiger partial charge in [-0.15, -0.1) is 0 Å². The molecule has 7 heteroatoms. The van der Waals surface area contributed by atoms with E-state index in [-0.39, 0.29) is 41.2 Å². The van der Waals surface area contributed by atoms with Gasteiger partial charge in [-0.1, -0.05) is 45.1 Å². The molecule has 1 aliphatic carbocycles. The first-order valence-electron chi connectivity index (χ1n) is 15.5. The molecule has 2 N–H and O–H groups in total. The van der Waals surface area contributed by atoms with E-state index in [4.69, 9.17) is 14.2 Å². The molecule has 0 spiro atoms. The topological polar surface area (TPSA) is 94.1 Å². The van der Waals surface area contributed by atoms with Crippen molar-refractivity contribution in [1.82, 2.24) is 5.32 Å². The largest absolute Gasteiger partial charge is 0.504 e. The molecule has 2 atom stereocenters. The van der Waals surface area contributed by atoms with Crippen molar-refractivity contribution >= 4 is 11.9 Å². The van der Waals surface area contributed by atoms with Gasteiger partial charge in [0.25, 0.3) is 0 Å². The third kappa shape index (κ3) is 7.90. The van der Waals surface area contributed by atoms with E-state index in [1.54, 1.807) is 6.07 Å². The average molecular weight is 544 g/mol. The number of carbonyl (C=O) groups is 2. The number of phenols is 1. The van der Waals surface area contributed by atoms with Crippen LogP contribution in [0.3, 0.4) is 0 Å². The molecule has 2 aliphatic heterocycles. The van der Waals surface area contributed by atoms with Crippen LogP contribution in [-0.4, -0.2) is 48.9 Å². The first-order chi connectivity index (χ1) is 18.9. The number of esters is 2. The van der Waals surface area contributed by atoms with Gasteiger partial charge in [-0.25, -0.2) is 0 Å². The Morgan fingerprint density at radius 3 is 2.59 bits per heavy atom. The predicted molar refractivity (Wildman–Crippen MR) is 151 cm³/mol. The molecule has 3 aliphatic rings. The summed E-state index contributed by atoms with van der Waals surface area (Å²) in [7, 11) is 0. The van der Waals surface area contributed by atoms with E-state index >= 15 is 0 Å². The zero-order chi connectivity index (χ0) is 27.7. The van der Waals surface area contributed by atoms with Crippen molar-refractivity contribution < 1.29 is 28.9 Å². The van der Waals surface area contributed by atoms with Gasteiger partial charge < -0.3 is 24.6 Å². The highest BCUT2D eigenvalue weighted by atomic mass is 16.6. The Kier molecular flexibility index (Phi) is 11.0. The van der Waals surface area contributed by atoms with Gasteiger partial charge in [0.05, 0.1) is 12.5 Å². The number of piperidine rings is 1. The molecule has 0 aromatic heterocycles. The minimum Gasteiger partial charge on any atom is -0.504 e. The molecule has 1 saturated carbocycles. The number of phenolic OH excluding ortho intramolecular Hbond substituents is 1. The van der Waals surface area contributed by atoms with Crippen LogP contribution in [0.15, 0.2) is 12.1 Å². The molecule has 1 aromatic rings. The lowest BCUT2D eigenvalue weighted by Crippen LogP contribution is -2.49. The Hall–Kier alpha value is -2.28. The molecule has 7 nitrogen and oxygen atoms in total. The molecular weight excluding hydrogens is 494 g/mol. The Morgan fingerprint density at radius 2 is 1.87 bits per heavy atom. The Bertz CT molecular complexity index is 950. The van der Waals surface area contributed by atoms with Crippen molar-refractivity contribution in [1.29, 1.82) is 0 Å². The number of carbonyl (C=O) groups excluding carboxylic acids is 2. The number of aromatic hydroxyl groups is 1. The fraction of sp³-hybridized carbons (Fsp3) is 0.750. The van der Waals surface area contributed by atoms with Crippen LogP contribution in [0.25, 0.3) is 0 Å². The van der Waals surface area contributed by atoms with E-state index in [0.29, 0.717) is 18.8 Å². The summed E-state index contributed by atoms with van der Waals surface area (Å²) in [5, 5.41) is 14.0. The van der Waals surface area contributed by atoms with Gasteiger partial charge in [0.2, 0.25) is 0 Å². The van der Waals surface area contributed by atoms with Crippen molar-refractivity contribution in [3.8, 4) is 11.5 Å². The van der Waals surface area contributed by atoms with Crippen LogP contribution in [0.5, 0.6) is 11.5 Å². The summed E-state index contributed by atoms with van der Waals surface area (Å²) in [6.45, 7) is 5.95. The molecule has 1 saturated heterocycles. The lowest BCUT2D eigenvalue weighted by molar-refractivity contribution is -0.169. The van der Waals surface area contributed by atoms with Crippen LogP contribution in [0.2, 0.25) is 0 Å². The first kappa shape index (κ1) is 29.7. The molecule has 4 rings (SSSR count). The zero-order valence-electron chi connectivity index (χ0n) is 24.1. The van der Waals surface area contributed by atoms with Crippen LogP contribution in [0.1, 0.15) is 108 Å². The molecule has 39 heavy (non-hydrogen) atoms. The second kappa shape index (κ2) is 14.4. The first-order valence-corrected chi connectivity index (χ1v) is 15.5. The molecule has 218 valence electrons. The monoisotopic (exact) mass is 543 g/mol. The minimum absolute atomic E-state index is 0.0397. The summed E-state index contributed by atoms with van der Waals surface area (Å²) >= 11 is 0. The van der Waals surface area contributed by atoms with E-state index in [9.17, 15) is 14.7 Å². The fourth-order valence-corrected chi connectivity index (χ4v) is 6.91. The standard InChI is InChI=1S/C32H49NO6/c1-3-4-6-12-26(38-23(2)34)21-29(39-31(36)24-10-7-5-8-11-24)32(16-18-33-19-17-32)22-25-14-15-28(35)30-27(25)13-9-20-37-30/h14-15,24,26,29,33,35H,3-13,16-22H2,1-2H3. The predicted octanol–water partition coefficient (Wildman–Crippen LogP) is 6.02. The Morgan fingerprint density at radius 1 is 1.10 bits per heavy atom. The summed E-state index contributed by atoms with van der Waals surface area (Å²) in [6, 6.07) is 3.77. The van der Waals surface area contributed by atoms with E-state index in [2.05, 4.69) is 12.2 Å². The average Bonchev–Trinajstić information content (AvgIpc) is 2.95. The highest BCUT2D eigenvalue weighted by Gasteiger charge is 2.45. The number of rotatable bonds is 12. The van der Waals surface area contributed by atoms with Crippen LogP contribution in [-0.2, 0) is 31.9 Å². The second-order valence-corrected chi connectivity index (χ2v) is 12.0. The third-order valence-corrected chi connectivity index (χ3v) is 9.12. The van der Waals surface area contributed by atoms with Crippen molar-refractivity contribution in [3.05, 3.63) is 23.3 Å². The number of ether oxygens (including phenoxy) is 3. The maximum atomic E-state index is 13.6. The maximum Gasteiger partial charge on any atom is 0.309 e. The summed E-state index contributed by atoms with van der Waals surface area (Å²) < 4.78 is 18.3. The van der Waals surface area contributed by atoms with E-state index in [1.807, 2.05) is 6.07 Å². The number of unbranched alkanes of at least 4 members (excludes halogenated alkanes) is 2. The SMILES string of the molecule is CCCCCC(CC(OC(=O)C1CCCCC1)C1(Cc2ccc(O)c3c2CCCO3)CCNCC1)OC(C)=O. The van der Waals surface area contributed by atoms with Gasteiger partial charge in [0.1, 0.15) is 12.2 Å². The molecule has 2 heterocycles. The van der Waals surface area contributed by atoms with Crippen molar-refractivity contribution in [2.75, 3.05) is 19.7 Å². The summed E-state index contributed by atoms with van der Waals surface area (Å²) in [5.74, 6) is 0.402. The zero-order valence-corrected chi connectivity index (χ0v) is 24.1. The number of nitrogens with one attached hydrogen (secondary N) is 1. The van der Waals surface area contributed by atoms with Crippen LogP contribution in [0.4, 0.5) is 0 Å². The van der Waals surface area contributed by atoms with Gasteiger partial charge in [0.15, 0.2) is 11.5 Å². The number of benzene rings is 1. The van der Waals surface area contributed by atoms with Gasteiger partial charge >= 0.3 is 11.9 Å². The third-order valence-electron chi connectivity index (χ3n) is 9.12. The highest BCUT2D eigenvalue weighted by Crippen LogP contribution is 2.45. The summed E-state index contributed by atoms with van der Waals surface area (Å²) in [4.78, 5) is 25.7. The fourth-order valence-electron chi connectivity index (χ4n) is 6.91. The van der Waals surface area contributed by atoms with Crippen molar-refractivity contribution in [2.24, 2.45) is 11.3 Å². The maximum absolute atomic E-state index is 13.6. The summed E-state index contributed by atoms with van der Waals surface area (Å²) in [5.41, 5.74) is 1.95. The molecular formula is C32H49NO6. The normalized spacial score (nSPS) is 20.8. The number of fused-ring (bicyclic) bond motifs is 1. The molecule has 2 unspecified atom stereocenters. The Labute approximate surface area is 234 Å². The smallest absolute Gasteiger partial charge is 0.309 e. The van der Waals surface area contributed by atoms with Gasteiger partial charge in [0, 0.05) is 24.3 Å². The minimum atomic E-state index is -0.353. The lowest BCUT2D eigenvalue weighted by atomic mass is 9.67. The molecule has 0 bridgehead atoms. The number of hydrogen-bond acceptors (Lipinski definition) is 7. The van der Waals surface area contributed by atoms with Gasteiger partial charge in [-0.05, 0) is 82.5 Å².